The normalized spacial score (nSPS) is 21.7. The second-order valence-corrected chi connectivity index (χ2v) is 8.01. The molecule has 1 rings (SSSR count). The molecule has 0 radical (unpaired) electrons. The van der Waals surface area contributed by atoms with Gasteiger partial charge >= 0.3 is 0 Å². The van der Waals surface area contributed by atoms with Crippen molar-refractivity contribution in [3.63, 3.8) is 0 Å². The highest BCUT2D eigenvalue weighted by Gasteiger charge is 2.23. The van der Waals surface area contributed by atoms with E-state index in [1.165, 1.54) is 12.8 Å². The number of rotatable bonds is 7. The van der Waals surface area contributed by atoms with Gasteiger partial charge < -0.3 is 11.1 Å². The number of nitrogens with zero attached hydrogens (tertiary/aromatic N) is 2. The Hall–Kier alpha value is -0.860. The molecule has 7 nitrogen and oxygen atoms in total. The fourth-order valence-electron chi connectivity index (χ4n) is 2.64. The molecule has 1 atom stereocenters. The Morgan fingerprint density at radius 2 is 2.14 bits per heavy atom. The Morgan fingerprint density at radius 1 is 1.48 bits per heavy atom. The van der Waals surface area contributed by atoms with Crippen LogP contribution in [-0.2, 0) is 10.0 Å². The van der Waals surface area contributed by atoms with Gasteiger partial charge in [0.25, 0.3) is 0 Å². The van der Waals surface area contributed by atoms with Crippen LogP contribution >= 0.6 is 0 Å². The van der Waals surface area contributed by atoms with Crippen LogP contribution in [0.4, 0.5) is 0 Å². The second-order valence-electron chi connectivity index (χ2n) is 6.27. The van der Waals surface area contributed by atoms with Crippen molar-refractivity contribution in [3.8, 4) is 0 Å². The number of guanidine groups is 1. The minimum absolute atomic E-state index is 0.293. The van der Waals surface area contributed by atoms with Gasteiger partial charge in [-0.2, -0.15) is 0 Å². The van der Waals surface area contributed by atoms with Crippen molar-refractivity contribution in [2.45, 2.75) is 45.2 Å². The van der Waals surface area contributed by atoms with E-state index < -0.39 is 15.6 Å². The Kier molecular flexibility index (Phi) is 6.42. The SMILES string of the molecule is CCN1CCCC1CNC(N)=NCC(C)(C)NS(C)(=O)=O. The van der Waals surface area contributed by atoms with Gasteiger partial charge in [-0.15, -0.1) is 0 Å². The molecule has 1 unspecified atom stereocenters. The van der Waals surface area contributed by atoms with Gasteiger partial charge in [-0.3, -0.25) is 9.89 Å². The lowest BCUT2D eigenvalue weighted by molar-refractivity contribution is 0.267. The zero-order chi connectivity index (χ0) is 16.1. The third kappa shape index (κ3) is 7.10. The smallest absolute Gasteiger partial charge is 0.209 e. The van der Waals surface area contributed by atoms with Gasteiger partial charge in [0, 0.05) is 18.1 Å². The molecule has 0 spiro atoms. The summed E-state index contributed by atoms with van der Waals surface area (Å²) < 4.78 is 25.0. The molecular weight excluding hydrogens is 290 g/mol. The average Bonchev–Trinajstić information content (AvgIpc) is 2.78. The topological polar surface area (TPSA) is 99.8 Å². The molecule has 8 heteroatoms. The lowest BCUT2D eigenvalue weighted by atomic mass is 10.1. The average molecular weight is 319 g/mol. The van der Waals surface area contributed by atoms with Crippen molar-refractivity contribution < 1.29 is 8.42 Å². The van der Waals surface area contributed by atoms with Crippen LogP contribution in [0.3, 0.4) is 0 Å². The number of nitrogens with two attached hydrogens (primary N) is 1. The number of hydrogen-bond donors (Lipinski definition) is 3. The maximum Gasteiger partial charge on any atom is 0.209 e. The number of sulfonamides is 1. The van der Waals surface area contributed by atoms with E-state index in [1.807, 2.05) is 0 Å². The highest BCUT2D eigenvalue weighted by atomic mass is 32.2. The summed E-state index contributed by atoms with van der Waals surface area (Å²) in [6, 6.07) is 0.505. The molecule has 0 bridgehead atoms. The van der Waals surface area contributed by atoms with Crippen LogP contribution < -0.4 is 15.8 Å². The van der Waals surface area contributed by atoms with E-state index >= 15 is 0 Å². The molecule has 0 aromatic carbocycles. The van der Waals surface area contributed by atoms with Gasteiger partial charge in [0.2, 0.25) is 10.0 Å². The maximum absolute atomic E-state index is 11.2. The molecule has 1 saturated heterocycles. The summed E-state index contributed by atoms with van der Waals surface area (Å²) in [4.78, 5) is 6.66. The maximum atomic E-state index is 11.2. The molecule has 4 N–H and O–H groups in total. The molecular formula is C13H29N5O2S. The van der Waals surface area contributed by atoms with Crippen LogP contribution in [0.2, 0.25) is 0 Å². The molecule has 21 heavy (non-hydrogen) atoms. The Labute approximate surface area is 128 Å². The molecule has 0 aliphatic carbocycles. The van der Waals surface area contributed by atoms with Gasteiger partial charge in [0.05, 0.1) is 12.8 Å². The van der Waals surface area contributed by atoms with Crippen molar-refractivity contribution in [1.29, 1.82) is 0 Å². The van der Waals surface area contributed by atoms with Crippen LogP contribution in [0.5, 0.6) is 0 Å². The molecule has 1 fully saturated rings. The van der Waals surface area contributed by atoms with Gasteiger partial charge in [0.1, 0.15) is 0 Å². The molecule has 1 aliphatic rings. The monoisotopic (exact) mass is 319 g/mol. The van der Waals surface area contributed by atoms with Crippen LogP contribution in [0.25, 0.3) is 0 Å². The zero-order valence-electron chi connectivity index (χ0n) is 13.5. The number of aliphatic imine (C=N–C) groups is 1. The summed E-state index contributed by atoms with van der Waals surface area (Å²) in [5.41, 5.74) is 5.20. The van der Waals surface area contributed by atoms with E-state index in [4.69, 9.17) is 5.73 Å². The Morgan fingerprint density at radius 3 is 2.71 bits per heavy atom. The Balaban J connectivity index is 2.42. The molecule has 0 aromatic heterocycles. The molecule has 124 valence electrons. The summed E-state index contributed by atoms with van der Waals surface area (Å²) in [7, 11) is -3.25. The highest BCUT2D eigenvalue weighted by molar-refractivity contribution is 7.88. The van der Waals surface area contributed by atoms with Crippen LogP contribution in [0.1, 0.15) is 33.6 Å². The van der Waals surface area contributed by atoms with Gasteiger partial charge in [0.15, 0.2) is 5.96 Å². The van der Waals surface area contributed by atoms with E-state index in [0.717, 1.165) is 25.9 Å². The molecule has 1 aliphatic heterocycles. The van der Waals surface area contributed by atoms with Crippen LogP contribution in [-0.4, -0.2) is 63.3 Å². The predicted molar refractivity (Wildman–Crippen MR) is 86.8 cm³/mol. The first-order valence-electron chi connectivity index (χ1n) is 7.40. The lowest BCUT2D eigenvalue weighted by Gasteiger charge is -2.24. The van der Waals surface area contributed by atoms with Gasteiger partial charge in [-0.1, -0.05) is 6.92 Å². The Bertz CT molecular complexity index is 461. The third-order valence-corrected chi connectivity index (χ3v) is 4.45. The molecule has 0 aromatic rings. The van der Waals surface area contributed by atoms with Gasteiger partial charge in [-0.25, -0.2) is 13.1 Å². The minimum atomic E-state index is -3.25. The number of likely N-dealkylation sites (tertiary alicyclic amines) is 1. The first-order valence-corrected chi connectivity index (χ1v) is 9.29. The highest BCUT2D eigenvalue weighted by Crippen LogP contribution is 2.15. The van der Waals surface area contributed by atoms with E-state index in [1.54, 1.807) is 13.8 Å². The summed E-state index contributed by atoms with van der Waals surface area (Å²) in [5, 5.41) is 3.13. The largest absolute Gasteiger partial charge is 0.370 e. The minimum Gasteiger partial charge on any atom is -0.370 e. The van der Waals surface area contributed by atoms with E-state index in [0.29, 0.717) is 18.5 Å². The molecule has 1 heterocycles. The number of nitrogens with one attached hydrogen (secondary N) is 2. The van der Waals surface area contributed by atoms with E-state index in [-0.39, 0.29) is 0 Å². The quantitative estimate of drug-likeness (QED) is 0.442. The first kappa shape index (κ1) is 18.2. The van der Waals surface area contributed by atoms with Crippen molar-refractivity contribution in [1.82, 2.24) is 14.9 Å². The zero-order valence-corrected chi connectivity index (χ0v) is 14.3. The summed E-state index contributed by atoms with van der Waals surface area (Å²) in [6.45, 7) is 8.99. The van der Waals surface area contributed by atoms with E-state index in [2.05, 4.69) is 26.9 Å². The third-order valence-electron chi connectivity index (χ3n) is 3.53. The molecule has 0 amide bonds. The summed E-state index contributed by atoms with van der Waals surface area (Å²) >= 11 is 0. The van der Waals surface area contributed by atoms with E-state index in [9.17, 15) is 8.42 Å². The standard InChI is InChI=1S/C13H29N5O2S/c1-5-18-8-6-7-11(18)9-15-12(14)16-10-13(2,3)17-21(4,19)20/h11,17H,5-10H2,1-4H3,(H3,14,15,16). The lowest BCUT2D eigenvalue weighted by Crippen LogP contribution is -2.47. The fraction of sp³-hybridized carbons (Fsp3) is 0.923. The van der Waals surface area contributed by atoms with Crippen LogP contribution in [0, 0.1) is 0 Å². The van der Waals surface area contributed by atoms with Crippen molar-refractivity contribution in [2.24, 2.45) is 10.7 Å². The summed E-state index contributed by atoms with van der Waals surface area (Å²) in [6.07, 6.45) is 3.54. The predicted octanol–water partition coefficient (Wildman–Crippen LogP) is -0.297. The summed E-state index contributed by atoms with van der Waals surface area (Å²) in [5.74, 6) is 0.362. The van der Waals surface area contributed by atoms with Gasteiger partial charge in [-0.05, 0) is 39.8 Å². The number of likely N-dealkylation sites (N-methyl/N-ethyl adjacent to an activating group) is 1. The van der Waals surface area contributed by atoms with Crippen molar-refractivity contribution in [3.05, 3.63) is 0 Å². The second kappa shape index (κ2) is 7.42. The van der Waals surface area contributed by atoms with Crippen molar-refractivity contribution >= 4 is 16.0 Å². The van der Waals surface area contributed by atoms with Crippen molar-refractivity contribution in [2.75, 3.05) is 32.4 Å². The fourth-order valence-corrected chi connectivity index (χ4v) is 3.71. The number of hydrogen-bond acceptors (Lipinski definition) is 4. The first-order chi connectivity index (χ1) is 9.63. The molecule has 0 saturated carbocycles. The van der Waals surface area contributed by atoms with Crippen LogP contribution in [0.15, 0.2) is 4.99 Å².